The van der Waals surface area contributed by atoms with Gasteiger partial charge in [0.15, 0.2) is 0 Å². The SMILES string of the molecule is CC(S)[Si](C)(C)C(C)(C)C. The highest BCUT2D eigenvalue weighted by molar-refractivity contribution is 7.83. The van der Waals surface area contributed by atoms with Gasteiger partial charge in [0.2, 0.25) is 0 Å². The molecule has 0 nitrogen and oxygen atoms in total. The molecule has 0 heterocycles. The van der Waals surface area contributed by atoms with Crippen molar-refractivity contribution in [1.82, 2.24) is 0 Å². The molecular formula is C8H20SSi. The second-order valence-electron chi connectivity index (χ2n) is 4.65. The lowest BCUT2D eigenvalue weighted by Crippen LogP contribution is -2.45. The molecule has 0 bridgehead atoms. The molecule has 0 rings (SSSR count). The van der Waals surface area contributed by atoms with Crippen LogP contribution in [0.15, 0.2) is 0 Å². The third kappa shape index (κ3) is 2.02. The Labute approximate surface area is 71.8 Å². The lowest BCUT2D eigenvalue weighted by molar-refractivity contribution is 0.713. The molecular weight excluding hydrogens is 156 g/mol. The van der Waals surface area contributed by atoms with E-state index in [1.807, 2.05) is 0 Å². The second kappa shape index (κ2) is 2.90. The van der Waals surface area contributed by atoms with Gasteiger partial charge in [-0.3, -0.25) is 0 Å². The molecule has 0 aliphatic heterocycles. The predicted molar refractivity (Wildman–Crippen MR) is 55.6 cm³/mol. The van der Waals surface area contributed by atoms with E-state index < -0.39 is 8.07 Å². The van der Waals surface area contributed by atoms with E-state index in [1.165, 1.54) is 0 Å². The molecule has 0 fully saturated rings. The fourth-order valence-corrected chi connectivity index (χ4v) is 3.04. The van der Waals surface area contributed by atoms with E-state index in [0.29, 0.717) is 9.91 Å². The Morgan fingerprint density at radius 3 is 1.50 bits per heavy atom. The zero-order valence-corrected chi connectivity index (χ0v) is 9.92. The third-order valence-electron chi connectivity index (χ3n) is 2.98. The zero-order chi connectivity index (χ0) is 8.58. The van der Waals surface area contributed by atoms with Crippen molar-refractivity contribution in [1.29, 1.82) is 0 Å². The molecule has 1 atom stereocenters. The van der Waals surface area contributed by atoms with Crippen LogP contribution in [0.3, 0.4) is 0 Å². The van der Waals surface area contributed by atoms with Crippen molar-refractivity contribution in [2.75, 3.05) is 0 Å². The molecule has 0 spiro atoms. The van der Waals surface area contributed by atoms with Crippen molar-refractivity contribution < 1.29 is 0 Å². The van der Waals surface area contributed by atoms with Gasteiger partial charge < -0.3 is 0 Å². The molecule has 62 valence electrons. The molecule has 2 heteroatoms. The second-order valence-corrected chi connectivity index (χ2v) is 11.7. The van der Waals surface area contributed by atoms with Crippen molar-refractivity contribution in [3.05, 3.63) is 0 Å². The summed E-state index contributed by atoms with van der Waals surface area (Å²) in [6.45, 7) is 14.0. The van der Waals surface area contributed by atoms with Crippen LogP contribution in [0.5, 0.6) is 0 Å². The van der Waals surface area contributed by atoms with E-state index in [1.54, 1.807) is 0 Å². The number of rotatable bonds is 1. The first-order valence-electron chi connectivity index (χ1n) is 3.87. The highest BCUT2D eigenvalue weighted by Gasteiger charge is 2.38. The minimum Gasteiger partial charge on any atom is -0.179 e. The monoisotopic (exact) mass is 176 g/mol. The van der Waals surface area contributed by atoms with Crippen LogP contribution < -0.4 is 0 Å². The van der Waals surface area contributed by atoms with Crippen molar-refractivity contribution in [3.63, 3.8) is 0 Å². The third-order valence-corrected chi connectivity index (χ3v) is 10.9. The van der Waals surface area contributed by atoms with Gasteiger partial charge >= 0.3 is 0 Å². The fraction of sp³-hybridized carbons (Fsp3) is 1.00. The summed E-state index contributed by atoms with van der Waals surface area (Å²) in [5.74, 6) is 0. The first kappa shape index (κ1) is 10.6. The highest BCUT2D eigenvalue weighted by Crippen LogP contribution is 2.39. The van der Waals surface area contributed by atoms with Crippen LogP contribution in [0.2, 0.25) is 18.1 Å². The van der Waals surface area contributed by atoms with Crippen molar-refractivity contribution in [2.45, 2.75) is 50.7 Å². The Morgan fingerprint density at radius 2 is 1.50 bits per heavy atom. The lowest BCUT2D eigenvalue weighted by atomic mass is 10.2. The molecule has 0 aliphatic rings. The predicted octanol–water partition coefficient (Wildman–Crippen LogP) is 3.35. The molecule has 0 aromatic heterocycles. The Hall–Kier alpha value is 0.567. The zero-order valence-electron chi connectivity index (χ0n) is 8.02. The molecule has 0 saturated heterocycles. The highest BCUT2D eigenvalue weighted by atomic mass is 32.1. The smallest absolute Gasteiger partial charge is 0.0663 e. The summed E-state index contributed by atoms with van der Waals surface area (Å²) in [6, 6.07) is 0. The molecule has 0 amide bonds. The molecule has 0 saturated carbocycles. The average Bonchev–Trinajstić information content (AvgIpc) is 1.62. The van der Waals surface area contributed by atoms with E-state index in [4.69, 9.17) is 0 Å². The van der Waals surface area contributed by atoms with Gasteiger partial charge in [-0.05, 0) is 9.91 Å². The van der Waals surface area contributed by atoms with Gasteiger partial charge in [0.25, 0.3) is 0 Å². The lowest BCUT2D eigenvalue weighted by Gasteiger charge is -2.39. The summed E-state index contributed by atoms with van der Waals surface area (Å²) in [7, 11) is -1.12. The maximum Gasteiger partial charge on any atom is 0.0663 e. The maximum absolute atomic E-state index is 4.53. The van der Waals surface area contributed by atoms with Gasteiger partial charge in [0.05, 0.1) is 8.07 Å². The molecule has 0 aromatic rings. The van der Waals surface area contributed by atoms with Crippen molar-refractivity contribution in [2.24, 2.45) is 0 Å². The van der Waals surface area contributed by atoms with Crippen molar-refractivity contribution in [3.8, 4) is 0 Å². The number of hydrogen-bond acceptors (Lipinski definition) is 1. The van der Waals surface area contributed by atoms with E-state index in [9.17, 15) is 0 Å². The first-order valence-corrected chi connectivity index (χ1v) is 7.47. The summed E-state index contributed by atoms with van der Waals surface area (Å²) in [6.07, 6.45) is 0. The van der Waals surface area contributed by atoms with Crippen LogP contribution in [0.4, 0.5) is 0 Å². The van der Waals surface area contributed by atoms with Gasteiger partial charge in [-0.15, -0.1) is 0 Å². The van der Waals surface area contributed by atoms with E-state index in [0.717, 1.165) is 0 Å². The molecule has 10 heavy (non-hydrogen) atoms. The average molecular weight is 176 g/mol. The molecule has 0 aromatic carbocycles. The van der Waals surface area contributed by atoms with Crippen LogP contribution in [0.25, 0.3) is 0 Å². The molecule has 0 aliphatic carbocycles. The number of hydrogen-bond donors (Lipinski definition) is 1. The van der Waals surface area contributed by atoms with Crippen molar-refractivity contribution >= 4 is 20.7 Å². The summed E-state index contributed by atoms with van der Waals surface area (Å²) in [5, 5.41) is 0.480. The van der Waals surface area contributed by atoms with Crippen LogP contribution in [0.1, 0.15) is 27.7 Å². The van der Waals surface area contributed by atoms with Gasteiger partial charge in [-0.25, -0.2) is 0 Å². The Kier molecular flexibility index (Phi) is 3.06. The Morgan fingerprint density at radius 1 is 1.20 bits per heavy atom. The van der Waals surface area contributed by atoms with Crippen LogP contribution in [-0.4, -0.2) is 12.9 Å². The quantitative estimate of drug-likeness (QED) is 0.460. The largest absolute Gasteiger partial charge is 0.179 e. The van der Waals surface area contributed by atoms with Gasteiger partial charge in [-0.2, -0.15) is 12.6 Å². The first-order chi connectivity index (χ1) is 4.19. The summed E-state index contributed by atoms with van der Waals surface area (Å²) < 4.78 is 0. The van der Waals surface area contributed by atoms with Gasteiger partial charge in [0.1, 0.15) is 0 Å². The molecule has 0 radical (unpaired) electrons. The maximum atomic E-state index is 4.53. The fourth-order valence-electron chi connectivity index (χ4n) is 0.627. The van der Waals surface area contributed by atoms with Crippen LogP contribution in [-0.2, 0) is 0 Å². The summed E-state index contributed by atoms with van der Waals surface area (Å²) >= 11 is 4.53. The minimum atomic E-state index is -1.12. The van der Waals surface area contributed by atoms with Gasteiger partial charge in [-0.1, -0.05) is 40.8 Å². The molecule has 1 unspecified atom stereocenters. The van der Waals surface area contributed by atoms with Gasteiger partial charge in [0, 0.05) is 0 Å². The Balaban J connectivity index is 4.40. The van der Waals surface area contributed by atoms with Crippen LogP contribution >= 0.6 is 12.6 Å². The normalized spacial score (nSPS) is 17.1. The topological polar surface area (TPSA) is 0 Å². The standard InChI is InChI=1S/C8H20SSi/c1-7(9)10(5,6)8(2,3)4/h7,9H,1-6H3. The summed E-state index contributed by atoms with van der Waals surface area (Å²) in [5.41, 5.74) is 0. The van der Waals surface area contributed by atoms with E-state index in [-0.39, 0.29) is 0 Å². The molecule has 0 N–H and O–H groups in total. The van der Waals surface area contributed by atoms with E-state index >= 15 is 0 Å². The van der Waals surface area contributed by atoms with E-state index in [2.05, 4.69) is 53.4 Å². The van der Waals surface area contributed by atoms with Crippen LogP contribution in [0, 0.1) is 0 Å². The number of thiol groups is 1. The minimum absolute atomic E-state index is 0.480. The summed E-state index contributed by atoms with van der Waals surface area (Å²) in [4.78, 5) is 0.590. The Bertz CT molecular complexity index is 111.